The minimum Gasteiger partial charge on any atom is -0.487 e. The summed E-state index contributed by atoms with van der Waals surface area (Å²) in [6, 6.07) is 22.2. The lowest BCUT2D eigenvalue weighted by molar-refractivity contribution is -0.136. The number of hydrogen-bond donors (Lipinski definition) is 0. The second kappa shape index (κ2) is 12.7. The summed E-state index contributed by atoms with van der Waals surface area (Å²) in [4.78, 5) is 32.3. The first-order valence-corrected chi connectivity index (χ1v) is 15.6. The van der Waals surface area contributed by atoms with Gasteiger partial charge in [-0.2, -0.15) is 5.26 Å². The SMILES string of the molecule is CCC1=C(C(=O)OC)[C@@H](c2ccccc2)n2c(s/c(=C/c3cc(I)cc(I)c3OCc3ccc(C#N)cc3)c2=O)=N1. The zero-order valence-corrected chi connectivity index (χ0v) is 27.2. The van der Waals surface area contributed by atoms with Gasteiger partial charge in [-0.15, -0.1) is 0 Å². The number of ether oxygens (including phenoxy) is 2. The molecule has 2 heterocycles. The van der Waals surface area contributed by atoms with E-state index in [-0.39, 0.29) is 5.56 Å². The normalized spacial score (nSPS) is 14.7. The van der Waals surface area contributed by atoms with Gasteiger partial charge in [0.25, 0.3) is 5.56 Å². The molecule has 1 aliphatic heterocycles. The van der Waals surface area contributed by atoms with E-state index in [4.69, 9.17) is 19.7 Å². The third-order valence-electron chi connectivity index (χ3n) is 6.56. The summed E-state index contributed by atoms with van der Waals surface area (Å²) < 4.78 is 15.4. The third kappa shape index (κ3) is 6.02. The molecule has 0 saturated heterocycles. The number of allylic oxidation sites excluding steroid dienone is 1. The first-order valence-electron chi connectivity index (χ1n) is 12.6. The Hall–Kier alpha value is -3.28. The highest BCUT2D eigenvalue weighted by molar-refractivity contribution is 14.1. The maximum Gasteiger partial charge on any atom is 0.338 e. The van der Waals surface area contributed by atoms with E-state index in [9.17, 15) is 9.59 Å². The lowest BCUT2D eigenvalue weighted by Gasteiger charge is -2.25. The highest BCUT2D eigenvalue weighted by Crippen LogP contribution is 2.32. The molecule has 7 nitrogen and oxygen atoms in total. The molecule has 4 aromatic rings. The van der Waals surface area contributed by atoms with Crippen molar-refractivity contribution in [3.8, 4) is 11.8 Å². The fourth-order valence-electron chi connectivity index (χ4n) is 4.63. The first kappa shape index (κ1) is 29.2. The molecular weight excluding hydrogens is 764 g/mol. The Morgan fingerprint density at radius 2 is 1.88 bits per heavy atom. The average Bonchev–Trinajstić information content (AvgIpc) is 3.30. The van der Waals surface area contributed by atoms with E-state index in [0.717, 1.165) is 23.8 Å². The smallest absolute Gasteiger partial charge is 0.338 e. The third-order valence-corrected chi connectivity index (χ3v) is 8.96. The van der Waals surface area contributed by atoms with E-state index in [1.807, 2.05) is 67.6 Å². The van der Waals surface area contributed by atoms with E-state index >= 15 is 0 Å². The summed E-state index contributed by atoms with van der Waals surface area (Å²) in [7, 11) is 1.34. The summed E-state index contributed by atoms with van der Waals surface area (Å²) >= 11 is 5.77. The maximum atomic E-state index is 14.0. The molecule has 0 bridgehead atoms. The summed E-state index contributed by atoms with van der Waals surface area (Å²) in [5.41, 5.74) is 3.81. The molecule has 0 amide bonds. The first-order chi connectivity index (χ1) is 19.8. The minimum atomic E-state index is -0.653. The van der Waals surface area contributed by atoms with E-state index in [0.29, 0.717) is 44.9 Å². The number of carbonyl (C=O) groups is 1. The molecule has 5 rings (SSSR count). The topological polar surface area (TPSA) is 93.7 Å². The Balaban J connectivity index is 1.64. The van der Waals surface area contributed by atoms with Crippen LogP contribution in [0.25, 0.3) is 6.08 Å². The van der Waals surface area contributed by atoms with Crippen molar-refractivity contribution in [2.75, 3.05) is 7.11 Å². The highest BCUT2D eigenvalue weighted by Gasteiger charge is 2.33. The fraction of sp³-hybridized carbons (Fsp3) is 0.161. The molecule has 206 valence electrons. The molecule has 1 aromatic heterocycles. The molecular formula is C31H23I2N3O4S. The van der Waals surface area contributed by atoms with E-state index in [2.05, 4.69) is 51.3 Å². The van der Waals surface area contributed by atoms with Crippen LogP contribution in [0.5, 0.6) is 5.75 Å². The van der Waals surface area contributed by atoms with Crippen LogP contribution in [0.2, 0.25) is 0 Å². The molecule has 0 fully saturated rings. The van der Waals surface area contributed by atoms with Crippen LogP contribution in [-0.2, 0) is 16.1 Å². The van der Waals surface area contributed by atoms with Crippen molar-refractivity contribution >= 4 is 68.6 Å². The van der Waals surface area contributed by atoms with Gasteiger partial charge >= 0.3 is 5.97 Å². The second-order valence-corrected chi connectivity index (χ2v) is 12.5. The largest absolute Gasteiger partial charge is 0.487 e. The van der Waals surface area contributed by atoms with Gasteiger partial charge in [0.1, 0.15) is 12.4 Å². The lowest BCUT2D eigenvalue weighted by atomic mass is 9.95. The number of aromatic nitrogens is 1. The van der Waals surface area contributed by atoms with Crippen molar-refractivity contribution in [1.82, 2.24) is 4.57 Å². The van der Waals surface area contributed by atoms with Gasteiger partial charge in [-0.1, -0.05) is 60.7 Å². The molecule has 0 unspecified atom stereocenters. The number of benzene rings is 3. The molecule has 1 atom stereocenters. The molecule has 1 aliphatic rings. The Morgan fingerprint density at radius 3 is 2.54 bits per heavy atom. The Kier molecular flexibility index (Phi) is 9.06. The van der Waals surface area contributed by atoms with Crippen LogP contribution in [0.1, 0.15) is 41.6 Å². The maximum absolute atomic E-state index is 14.0. The molecule has 3 aromatic carbocycles. The number of nitriles is 1. The zero-order chi connectivity index (χ0) is 29.1. The number of rotatable bonds is 7. The van der Waals surface area contributed by atoms with Gasteiger partial charge in [0.2, 0.25) is 0 Å². The number of methoxy groups -OCH3 is 1. The van der Waals surface area contributed by atoms with Crippen LogP contribution in [0.15, 0.2) is 87.8 Å². The summed E-state index contributed by atoms with van der Waals surface area (Å²) in [6.07, 6.45) is 2.35. The Bertz CT molecular complexity index is 1890. The van der Waals surface area contributed by atoms with Gasteiger partial charge in [-0.3, -0.25) is 9.36 Å². The summed E-state index contributed by atoms with van der Waals surface area (Å²) in [6.45, 7) is 2.24. The fourth-order valence-corrected chi connectivity index (χ4v) is 7.68. The van der Waals surface area contributed by atoms with Gasteiger partial charge in [-0.05, 0) is 93.1 Å². The minimum absolute atomic E-state index is 0.244. The summed E-state index contributed by atoms with van der Waals surface area (Å²) in [5.74, 6) is 0.157. The molecule has 0 N–H and O–H groups in total. The van der Waals surface area contributed by atoms with Crippen molar-refractivity contribution in [2.24, 2.45) is 4.99 Å². The van der Waals surface area contributed by atoms with Crippen molar-refractivity contribution in [1.29, 1.82) is 5.26 Å². The van der Waals surface area contributed by atoms with Crippen molar-refractivity contribution in [2.45, 2.75) is 26.0 Å². The van der Waals surface area contributed by atoms with Gasteiger partial charge in [0.15, 0.2) is 4.80 Å². The van der Waals surface area contributed by atoms with Crippen molar-refractivity contribution < 1.29 is 14.3 Å². The van der Waals surface area contributed by atoms with Crippen LogP contribution in [-0.4, -0.2) is 17.6 Å². The van der Waals surface area contributed by atoms with Crippen LogP contribution in [0.3, 0.4) is 0 Å². The second-order valence-electron chi connectivity index (χ2n) is 9.10. The number of halogens is 2. The molecule has 0 radical (unpaired) electrons. The molecule has 41 heavy (non-hydrogen) atoms. The Morgan fingerprint density at radius 1 is 1.15 bits per heavy atom. The Labute approximate surface area is 267 Å². The predicted octanol–water partition coefficient (Wildman–Crippen LogP) is 5.46. The van der Waals surface area contributed by atoms with Gasteiger partial charge in [-0.25, -0.2) is 9.79 Å². The zero-order valence-electron chi connectivity index (χ0n) is 22.1. The van der Waals surface area contributed by atoms with Gasteiger partial charge in [0, 0.05) is 9.13 Å². The average molecular weight is 787 g/mol. The van der Waals surface area contributed by atoms with Crippen LogP contribution >= 0.6 is 56.5 Å². The quantitative estimate of drug-likeness (QED) is 0.184. The lowest BCUT2D eigenvalue weighted by Crippen LogP contribution is -2.40. The van der Waals surface area contributed by atoms with Crippen molar-refractivity contribution in [3.05, 3.63) is 127 Å². The molecule has 0 aliphatic carbocycles. The van der Waals surface area contributed by atoms with Crippen LogP contribution < -0.4 is 19.6 Å². The van der Waals surface area contributed by atoms with E-state index < -0.39 is 12.0 Å². The van der Waals surface area contributed by atoms with Gasteiger partial charge in [0.05, 0.1) is 44.2 Å². The summed E-state index contributed by atoms with van der Waals surface area (Å²) in [5, 5.41) is 9.08. The number of fused-ring (bicyclic) bond motifs is 1. The van der Waals surface area contributed by atoms with E-state index in [1.165, 1.54) is 18.4 Å². The number of hydrogen-bond acceptors (Lipinski definition) is 7. The predicted molar refractivity (Wildman–Crippen MR) is 174 cm³/mol. The van der Waals surface area contributed by atoms with Gasteiger partial charge < -0.3 is 9.47 Å². The van der Waals surface area contributed by atoms with Crippen LogP contribution in [0, 0.1) is 18.5 Å². The molecule has 0 spiro atoms. The standard InChI is InChI=1S/C31H23I2N3O4S/c1-3-24-26(30(38)39-2)27(20-7-5-4-6-8-20)36-29(37)25(41-31(36)35-24)14-21-13-22(32)15-23(33)28(21)40-17-19-11-9-18(16-34)10-12-19/h4-15,27H,3,17H2,1-2H3/b25-14+/t27-/m1/s1. The van der Waals surface area contributed by atoms with Crippen LogP contribution in [0.4, 0.5) is 0 Å². The number of nitrogens with zero attached hydrogens (tertiary/aromatic N) is 3. The number of carbonyl (C=O) groups excluding carboxylic acids is 1. The van der Waals surface area contributed by atoms with Crippen molar-refractivity contribution in [3.63, 3.8) is 0 Å². The highest BCUT2D eigenvalue weighted by atomic mass is 127. The number of esters is 1. The molecule has 10 heteroatoms. The monoisotopic (exact) mass is 787 g/mol. The van der Waals surface area contributed by atoms with E-state index in [1.54, 1.807) is 16.7 Å². The number of thiazole rings is 1. The molecule has 0 saturated carbocycles.